The third-order valence-corrected chi connectivity index (χ3v) is 3.78. The van der Waals surface area contributed by atoms with Crippen LogP contribution >= 0.6 is 0 Å². The maximum atomic E-state index is 12.0. The van der Waals surface area contributed by atoms with Crippen molar-refractivity contribution in [3.8, 4) is 0 Å². The van der Waals surface area contributed by atoms with Gasteiger partial charge in [0.05, 0.1) is 5.56 Å². The maximum absolute atomic E-state index is 12.0. The highest BCUT2D eigenvalue weighted by Gasteiger charge is 2.12. The van der Waals surface area contributed by atoms with Gasteiger partial charge in [0.15, 0.2) is 6.61 Å². The van der Waals surface area contributed by atoms with Crippen molar-refractivity contribution in [2.45, 2.75) is 19.8 Å². The molecule has 6 nitrogen and oxygen atoms in total. The largest absolute Gasteiger partial charge is 0.452 e. The summed E-state index contributed by atoms with van der Waals surface area (Å²) in [6.07, 6.45) is 0. The van der Waals surface area contributed by atoms with Gasteiger partial charge in [0, 0.05) is 18.3 Å². The average molecular weight is 354 g/mol. The zero-order valence-electron chi connectivity index (χ0n) is 15.0. The topological polar surface area (TPSA) is 84.5 Å². The third-order valence-electron chi connectivity index (χ3n) is 3.78. The fourth-order valence-corrected chi connectivity index (χ4v) is 2.30. The Hall–Kier alpha value is -3.15. The minimum atomic E-state index is -0.561. The molecule has 0 saturated carbocycles. The molecule has 0 aromatic heterocycles. The van der Waals surface area contributed by atoms with Gasteiger partial charge in [-0.15, -0.1) is 0 Å². The molecule has 0 spiro atoms. The van der Waals surface area contributed by atoms with Crippen LogP contribution in [0.1, 0.15) is 46.0 Å². The van der Waals surface area contributed by atoms with Crippen LogP contribution in [-0.2, 0) is 9.53 Å². The zero-order chi connectivity index (χ0) is 19.1. The fraction of sp³-hybridized carbons (Fsp3) is 0.250. The van der Waals surface area contributed by atoms with Crippen molar-refractivity contribution in [1.29, 1.82) is 0 Å². The summed E-state index contributed by atoms with van der Waals surface area (Å²) in [6, 6.07) is 13.6. The van der Waals surface area contributed by atoms with Crippen LogP contribution in [0.4, 0.5) is 5.69 Å². The van der Waals surface area contributed by atoms with E-state index in [1.807, 2.05) is 12.1 Å². The van der Waals surface area contributed by atoms with E-state index in [1.54, 1.807) is 36.4 Å². The molecule has 26 heavy (non-hydrogen) atoms. The summed E-state index contributed by atoms with van der Waals surface area (Å²) in [5.74, 6) is -0.922. The zero-order valence-corrected chi connectivity index (χ0v) is 15.0. The van der Waals surface area contributed by atoms with Gasteiger partial charge in [-0.3, -0.25) is 9.59 Å². The van der Waals surface area contributed by atoms with Gasteiger partial charge < -0.3 is 15.4 Å². The molecule has 6 heteroatoms. The number of carbonyl (C=O) groups excluding carboxylic acids is 3. The quantitative estimate of drug-likeness (QED) is 0.781. The highest BCUT2D eigenvalue weighted by Crippen LogP contribution is 2.15. The predicted molar refractivity (Wildman–Crippen MR) is 99.3 cm³/mol. The number of hydrogen-bond donors (Lipinski definition) is 2. The molecule has 0 heterocycles. The lowest BCUT2D eigenvalue weighted by atomic mass is 10.0. The molecule has 2 aromatic rings. The molecular weight excluding hydrogens is 332 g/mol. The van der Waals surface area contributed by atoms with Gasteiger partial charge in [-0.05, 0) is 41.8 Å². The SMILES string of the molecule is CNC(=O)c1cccc(NC(=O)COC(=O)c2ccc(C(C)C)cc2)c1. The van der Waals surface area contributed by atoms with Crippen molar-refractivity contribution in [2.24, 2.45) is 0 Å². The second kappa shape index (κ2) is 8.80. The number of rotatable bonds is 6. The minimum Gasteiger partial charge on any atom is -0.452 e. The first-order chi connectivity index (χ1) is 12.4. The molecule has 136 valence electrons. The first kappa shape index (κ1) is 19.2. The van der Waals surface area contributed by atoms with Gasteiger partial charge in [0.2, 0.25) is 0 Å². The van der Waals surface area contributed by atoms with Gasteiger partial charge in [0.25, 0.3) is 11.8 Å². The summed E-state index contributed by atoms with van der Waals surface area (Å²) in [5.41, 5.74) is 2.39. The number of esters is 1. The van der Waals surface area contributed by atoms with E-state index in [2.05, 4.69) is 24.5 Å². The Bertz CT molecular complexity index is 798. The normalized spacial score (nSPS) is 10.3. The van der Waals surface area contributed by atoms with E-state index in [-0.39, 0.29) is 5.91 Å². The van der Waals surface area contributed by atoms with E-state index in [4.69, 9.17) is 4.74 Å². The molecule has 0 aliphatic carbocycles. The Morgan fingerprint density at radius 2 is 1.69 bits per heavy atom. The van der Waals surface area contributed by atoms with Gasteiger partial charge >= 0.3 is 5.97 Å². The number of amides is 2. The lowest BCUT2D eigenvalue weighted by Crippen LogP contribution is -2.22. The Kier molecular flexibility index (Phi) is 6.49. The average Bonchev–Trinajstić information content (AvgIpc) is 2.65. The summed E-state index contributed by atoms with van der Waals surface area (Å²) in [5, 5.41) is 5.11. The van der Waals surface area contributed by atoms with Crippen molar-refractivity contribution >= 4 is 23.5 Å². The maximum Gasteiger partial charge on any atom is 0.338 e. The summed E-state index contributed by atoms with van der Waals surface area (Å²) in [7, 11) is 1.53. The van der Waals surface area contributed by atoms with Crippen molar-refractivity contribution in [1.82, 2.24) is 5.32 Å². The summed E-state index contributed by atoms with van der Waals surface area (Å²) in [6.45, 7) is 3.72. The minimum absolute atomic E-state index is 0.252. The Morgan fingerprint density at radius 3 is 2.31 bits per heavy atom. The van der Waals surface area contributed by atoms with Gasteiger partial charge in [-0.2, -0.15) is 0 Å². The fourth-order valence-electron chi connectivity index (χ4n) is 2.30. The van der Waals surface area contributed by atoms with Crippen molar-refractivity contribution in [3.05, 3.63) is 65.2 Å². The number of ether oxygens (including phenoxy) is 1. The van der Waals surface area contributed by atoms with Crippen LogP contribution in [0.5, 0.6) is 0 Å². The van der Waals surface area contributed by atoms with E-state index >= 15 is 0 Å². The van der Waals surface area contributed by atoms with Crippen molar-refractivity contribution in [3.63, 3.8) is 0 Å². The third kappa shape index (κ3) is 5.17. The number of anilines is 1. The molecule has 0 bridgehead atoms. The van der Waals surface area contributed by atoms with Gasteiger partial charge in [-0.1, -0.05) is 32.0 Å². The Morgan fingerprint density at radius 1 is 1.00 bits per heavy atom. The second-order valence-electron chi connectivity index (χ2n) is 6.06. The Labute approximate surface area is 152 Å². The molecule has 0 fully saturated rings. The van der Waals surface area contributed by atoms with Crippen LogP contribution in [0, 0.1) is 0 Å². The van der Waals surface area contributed by atoms with Crippen molar-refractivity contribution in [2.75, 3.05) is 19.0 Å². The van der Waals surface area contributed by atoms with Crippen LogP contribution in [0.25, 0.3) is 0 Å². The number of nitrogens with one attached hydrogen (secondary N) is 2. The summed E-state index contributed by atoms with van der Waals surface area (Å²) < 4.78 is 5.03. The molecule has 2 aromatic carbocycles. The Balaban J connectivity index is 1.90. The lowest BCUT2D eigenvalue weighted by molar-refractivity contribution is -0.119. The monoisotopic (exact) mass is 354 g/mol. The van der Waals surface area contributed by atoms with E-state index in [1.165, 1.54) is 7.05 Å². The molecule has 0 saturated heterocycles. The first-order valence-electron chi connectivity index (χ1n) is 8.29. The molecule has 2 rings (SSSR count). The second-order valence-corrected chi connectivity index (χ2v) is 6.06. The van der Waals surface area contributed by atoms with E-state index in [0.29, 0.717) is 22.7 Å². The number of carbonyl (C=O) groups is 3. The highest BCUT2D eigenvalue weighted by atomic mass is 16.5. The van der Waals surface area contributed by atoms with Crippen LogP contribution in [0.3, 0.4) is 0 Å². The van der Waals surface area contributed by atoms with E-state index < -0.39 is 18.5 Å². The standard InChI is InChI=1S/C20H22N2O4/c1-13(2)14-7-9-15(10-8-14)20(25)26-12-18(23)22-17-6-4-5-16(11-17)19(24)21-3/h4-11,13H,12H2,1-3H3,(H,21,24)(H,22,23). The van der Waals surface area contributed by atoms with Crippen molar-refractivity contribution < 1.29 is 19.1 Å². The highest BCUT2D eigenvalue weighted by molar-refractivity contribution is 5.98. The van der Waals surface area contributed by atoms with E-state index in [9.17, 15) is 14.4 Å². The predicted octanol–water partition coefficient (Wildman–Crippen LogP) is 2.97. The smallest absolute Gasteiger partial charge is 0.338 e. The molecule has 2 N–H and O–H groups in total. The molecule has 0 radical (unpaired) electrons. The van der Waals surface area contributed by atoms with Crippen LogP contribution in [0.2, 0.25) is 0 Å². The number of hydrogen-bond acceptors (Lipinski definition) is 4. The molecule has 0 unspecified atom stereocenters. The number of benzene rings is 2. The van der Waals surface area contributed by atoms with Crippen LogP contribution in [0.15, 0.2) is 48.5 Å². The van der Waals surface area contributed by atoms with Crippen LogP contribution < -0.4 is 10.6 Å². The molecule has 0 atom stereocenters. The summed E-state index contributed by atoms with van der Waals surface area (Å²) in [4.78, 5) is 35.6. The van der Waals surface area contributed by atoms with E-state index in [0.717, 1.165) is 5.56 Å². The molecule has 0 aliphatic heterocycles. The lowest BCUT2D eigenvalue weighted by Gasteiger charge is -2.09. The first-order valence-corrected chi connectivity index (χ1v) is 8.29. The molecular formula is C20H22N2O4. The van der Waals surface area contributed by atoms with Gasteiger partial charge in [-0.25, -0.2) is 4.79 Å². The molecule has 2 amide bonds. The summed E-state index contributed by atoms with van der Waals surface area (Å²) >= 11 is 0. The molecule has 0 aliphatic rings. The van der Waals surface area contributed by atoms with Crippen LogP contribution in [-0.4, -0.2) is 31.4 Å². The van der Waals surface area contributed by atoms with Gasteiger partial charge in [0.1, 0.15) is 0 Å².